The van der Waals surface area contributed by atoms with Gasteiger partial charge >= 0.3 is 0 Å². The third-order valence-corrected chi connectivity index (χ3v) is 4.72. The Kier molecular flexibility index (Phi) is 7.25. The van der Waals surface area contributed by atoms with Crippen molar-refractivity contribution in [2.24, 2.45) is 5.92 Å². The van der Waals surface area contributed by atoms with Gasteiger partial charge in [0.2, 0.25) is 11.8 Å². The van der Waals surface area contributed by atoms with Crippen LogP contribution in [-0.2, 0) is 16.1 Å². The van der Waals surface area contributed by atoms with Gasteiger partial charge in [-0.2, -0.15) is 0 Å². The van der Waals surface area contributed by atoms with Gasteiger partial charge in [-0.05, 0) is 37.9 Å². The standard InChI is InChI=1S/C19H29N3O2/c1-16(23)22(15-18-6-4-3-5-7-18)13-10-19(24)21-11-8-17(9-12-21)14-20-2/h3-7,17,20H,8-15H2,1-2H3. The molecule has 1 fully saturated rings. The average molecular weight is 331 g/mol. The quantitative estimate of drug-likeness (QED) is 0.830. The molecule has 0 saturated carbocycles. The van der Waals surface area contributed by atoms with Crippen molar-refractivity contribution in [1.29, 1.82) is 0 Å². The molecule has 1 aliphatic heterocycles. The molecule has 1 saturated heterocycles. The highest BCUT2D eigenvalue weighted by molar-refractivity contribution is 5.78. The molecule has 0 bridgehead atoms. The second-order valence-electron chi connectivity index (χ2n) is 6.56. The molecule has 0 radical (unpaired) electrons. The first kappa shape index (κ1) is 18.5. The van der Waals surface area contributed by atoms with Crippen molar-refractivity contribution in [3.05, 3.63) is 35.9 Å². The Morgan fingerprint density at radius 2 is 1.88 bits per heavy atom. The minimum Gasteiger partial charge on any atom is -0.343 e. The number of likely N-dealkylation sites (tertiary alicyclic amines) is 1. The molecule has 0 unspecified atom stereocenters. The third-order valence-electron chi connectivity index (χ3n) is 4.72. The van der Waals surface area contributed by atoms with Crippen LogP contribution in [0, 0.1) is 5.92 Å². The molecule has 0 aliphatic carbocycles. The first-order valence-electron chi connectivity index (χ1n) is 8.82. The Labute approximate surface area is 145 Å². The molecule has 5 heteroatoms. The number of hydrogen-bond acceptors (Lipinski definition) is 3. The Balaban J connectivity index is 1.79. The summed E-state index contributed by atoms with van der Waals surface area (Å²) in [7, 11) is 1.97. The van der Waals surface area contributed by atoms with E-state index in [1.54, 1.807) is 11.8 Å². The second kappa shape index (κ2) is 9.42. The van der Waals surface area contributed by atoms with Gasteiger partial charge in [0.25, 0.3) is 0 Å². The van der Waals surface area contributed by atoms with Crippen LogP contribution in [0.2, 0.25) is 0 Å². The number of rotatable bonds is 7. The fraction of sp³-hybridized carbons (Fsp3) is 0.579. The highest BCUT2D eigenvalue weighted by Crippen LogP contribution is 2.17. The summed E-state index contributed by atoms with van der Waals surface area (Å²) in [5.41, 5.74) is 1.09. The smallest absolute Gasteiger partial charge is 0.224 e. The van der Waals surface area contributed by atoms with E-state index in [1.165, 1.54) is 0 Å². The summed E-state index contributed by atoms with van der Waals surface area (Å²) in [5.74, 6) is 0.849. The predicted molar refractivity (Wildman–Crippen MR) is 95.4 cm³/mol. The summed E-state index contributed by atoms with van der Waals surface area (Å²) in [6, 6.07) is 9.90. The Morgan fingerprint density at radius 3 is 2.46 bits per heavy atom. The topological polar surface area (TPSA) is 52.7 Å². The molecule has 2 rings (SSSR count). The monoisotopic (exact) mass is 331 g/mol. The SMILES string of the molecule is CNCC1CCN(C(=O)CCN(Cc2ccccc2)C(C)=O)CC1. The van der Waals surface area contributed by atoms with E-state index in [2.05, 4.69) is 5.32 Å². The zero-order valence-electron chi connectivity index (χ0n) is 14.8. The van der Waals surface area contributed by atoms with Gasteiger partial charge < -0.3 is 15.1 Å². The number of carbonyl (C=O) groups is 2. The maximum Gasteiger partial charge on any atom is 0.224 e. The van der Waals surface area contributed by atoms with E-state index in [9.17, 15) is 9.59 Å². The van der Waals surface area contributed by atoms with Crippen molar-refractivity contribution in [1.82, 2.24) is 15.1 Å². The molecule has 5 nitrogen and oxygen atoms in total. The highest BCUT2D eigenvalue weighted by atomic mass is 16.2. The van der Waals surface area contributed by atoms with Crippen LogP contribution in [0.15, 0.2) is 30.3 Å². The lowest BCUT2D eigenvalue weighted by atomic mass is 9.96. The molecule has 0 spiro atoms. The van der Waals surface area contributed by atoms with Gasteiger partial charge in [-0.25, -0.2) is 0 Å². The van der Waals surface area contributed by atoms with Gasteiger partial charge in [0.1, 0.15) is 0 Å². The van der Waals surface area contributed by atoms with E-state index in [4.69, 9.17) is 0 Å². The number of nitrogens with one attached hydrogen (secondary N) is 1. The molecule has 1 aromatic carbocycles. The van der Waals surface area contributed by atoms with Crippen LogP contribution in [0.3, 0.4) is 0 Å². The minimum absolute atomic E-state index is 0.0133. The maximum absolute atomic E-state index is 12.4. The lowest BCUT2D eigenvalue weighted by Crippen LogP contribution is -2.42. The molecule has 0 atom stereocenters. The van der Waals surface area contributed by atoms with Crippen molar-refractivity contribution < 1.29 is 9.59 Å². The number of piperidine rings is 1. The summed E-state index contributed by atoms with van der Waals surface area (Å²) < 4.78 is 0. The van der Waals surface area contributed by atoms with E-state index < -0.39 is 0 Å². The molecular formula is C19H29N3O2. The normalized spacial score (nSPS) is 15.3. The zero-order chi connectivity index (χ0) is 17.4. The van der Waals surface area contributed by atoms with Crippen LogP contribution in [0.1, 0.15) is 31.7 Å². The number of nitrogens with zero attached hydrogens (tertiary/aromatic N) is 2. The van der Waals surface area contributed by atoms with Crippen LogP contribution < -0.4 is 5.32 Å². The molecule has 2 amide bonds. The van der Waals surface area contributed by atoms with Crippen molar-refractivity contribution in [2.45, 2.75) is 32.7 Å². The third kappa shape index (κ3) is 5.64. The number of hydrogen-bond donors (Lipinski definition) is 1. The summed E-state index contributed by atoms with van der Waals surface area (Å²) in [5, 5.41) is 3.21. The molecule has 0 aromatic heterocycles. The lowest BCUT2D eigenvalue weighted by molar-refractivity contribution is -0.134. The molecule has 132 valence electrons. The highest BCUT2D eigenvalue weighted by Gasteiger charge is 2.22. The molecule has 24 heavy (non-hydrogen) atoms. The fourth-order valence-electron chi connectivity index (χ4n) is 3.22. The van der Waals surface area contributed by atoms with Gasteiger partial charge in [0, 0.05) is 39.5 Å². The number of benzene rings is 1. The largest absolute Gasteiger partial charge is 0.343 e. The summed E-state index contributed by atoms with van der Waals surface area (Å²) in [6.45, 7) is 5.31. The van der Waals surface area contributed by atoms with E-state index in [0.29, 0.717) is 25.4 Å². The van der Waals surface area contributed by atoms with Crippen molar-refractivity contribution >= 4 is 11.8 Å². The maximum atomic E-state index is 12.4. The molecular weight excluding hydrogens is 302 g/mol. The van der Waals surface area contributed by atoms with Gasteiger partial charge in [-0.3, -0.25) is 9.59 Å². The van der Waals surface area contributed by atoms with Gasteiger partial charge in [0.15, 0.2) is 0 Å². The number of amides is 2. The van der Waals surface area contributed by atoms with Crippen LogP contribution in [0.25, 0.3) is 0 Å². The minimum atomic E-state index is 0.0133. The molecule has 1 aliphatic rings. The van der Waals surface area contributed by atoms with E-state index in [1.807, 2.05) is 42.3 Å². The van der Waals surface area contributed by atoms with Crippen LogP contribution in [-0.4, -0.2) is 54.8 Å². The lowest BCUT2D eigenvalue weighted by Gasteiger charge is -2.32. The first-order chi connectivity index (χ1) is 11.6. The van der Waals surface area contributed by atoms with Crippen LogP contribution in [0.5, 0.6) is 0 Å². The first-order valence-corrected chi connectivity index (χ1v) is 8.82. The fourth-order valence-corrected chi connectivity index (χ4v) is 3.22. The molecule has 1 heterocycles. The van der Waals surface area contributed by atoms with E-state index >= 15 is 0 Å². The molecule has 1 N–H and O–H groups in total. The predicted octanol–water partition coefficient (Wildman–Crippen LogP) is 1.88. The van der Waals surface area contributed by atoms with E-state index in [0.717, 1.165) is 38.0 Å². The van der Waals surface area contributed by atoms with E-state index in [-0.39, 0.29) is 11.8 Å². The summed E-state index contributed by atoms with van der Waals surface area (Å²) in [6.07, 6.45) is 2.53. The Hall–Kier alpha value is -1.88. The van der Waals surface area contributed by atoms with Crippen molar-refractivity contribution in [3.8, 4) is 0 Å². The van der Waals surface area contributed by atoms with Crippen molar-refractivity contribution in [3.63, 3.8) is 0 Å². The Bertz CT molecular complexity index is 525. The second-order valence-corrected chi connectivity index (χ2v) is 6.56. The summed E-state index contributed by atoms with van der Waals surface area (Å²) >= 11 is 0. The molecule has 1 aromatic rings. The van der Waals surface area contributed by atoms with Crippen molar-refractivity contribution in [2.75, 3.05) is 33.2 Å². The average Bonchev–Trinajstić information content (AvgIpc) is 2.60. The summed E-state index contributed by atoms with van der Waals surface area (Å²) in [4.78, 5) is 28.0. The zero-order valence-corrected chi connectivity index (χ0v) is 14.8. The van der Waals surface area contributed by atoms with Gasteiger partial charge in [-0.15, -0.1) is 0 Å². The van der Waals surface area contributed by atoms with Crippen LogP contribution in [0.4, 0.5) is 0 Å². The van der Waals surface area contributed by atoms with Gasteiger partial charge in [0.05, 0.1) is 0 Å². The number of carbonyl (C=O) groups excluding carboxylic acids is 2. The van der Waals surface area contributed by atoms with Gasteiger partial charge in [-0.1, -0.05) is 30.3 Å². The Morgan fingerprint density at radius 1 is 1.21 bits per heavy atom. The van der Waals surface area contributed by atoms with Crippen LogP contribution >= 0.6 is 0 Å².